The molecule has 1 aliphatic heterocycles. The summed E-state index contributed by atoms with van der Waals surface area (Å²) >= 11 is 6.01. The molecule has 2 unspecified atom stereocenters. The molecule has 1 aromatic rings. The molecule has 1 heterocycles. The van der Waals surface area contributed by atoms with E-state index in [1.54, 1.807) is 12.1 Å². The second-order valence-corrected chi connectivity index (χ2v) is 6.05. The SMILES string of the molecule is CC1CC(N)CN(CCC(=O)Nc2ccccc2Cl)C1. The Morgan fingerprint density at radius 2 is 2.20 bits per heavy atom. The van der Waals surface area contributed by atoms with Gasteiger partial charge in [-0.25, -0.2) is 0 Å². The summed E-state index contributed by atoms with van der Waals surface area (Å²) in [5.74, 6) is 0.593. The molecule has 1 aliphatic rings. The third-order valence-electron chi connectivity index (χ3n) is 3.57. The van der Waals surface area contributed by atoms with Crippen LogP contribution in [0.1, 0.15) is 19.8 Å². The van der Waals surface area contributed by atoms with Gasteiger partial charge in [0.25, 0.3) is 0 Å². The maximum Gasteiger partial charge on any atom is 0.225 e. The summed E-state index contributed by atoms with van der Waals surface area (Å²) < 4.78 is 0. The fraction of sp³-hybridized carbons (Fsp3) is 0.533. The van der Waals surface area contributed by atoms with E-state index in [0.717, 1.165) is 26.1 Å². The van der Waals surface area contributed by atoms with Crippen LogP contribution in [0.15, 0.2) is 24.3 Å². The number of hydrogen-bond acceptors (Lipinski definition) is 3. The monoisotopic (exact) mass is 295 g/mol. The number of likely N-dealkylation sites (tertiary alicyclic amines) is 1. The van der Waals surface area contributed by atoms with Gasteiger partial charge in [-0.15, -0.1) is 0 Å². The number of para-hydroxylation sites is 1. The van der Waals surface area contributed by atoms with Gasteiger partial charge in [0, 0.05) is 32.1 Å². The number of carbonyl (C=O) groups is 1. The third kappa shape index (κ3) is 4.47. The number of nitrogens with two attached hydrogens (primary N) is 1. The van der Waals surface area contributed by atoms with Crippen LogP contribution >= 0.6 is 11.6 Å². The normalized spacial score (nSPS) is 23.6. The van der Waals surface area contributed by atoms with Gasteiger partial charge >= 0.3 is 0 Å². The summed E-state index contributed by atoms with van der Waals surface area (Å²) in [4.78, 5) is 14.2. The van der Waals surface area contributed by atoms with Gasteiger partial charge in [-0.3, -0.25) is 4.79 Å². The minimum absolute atomic E-state index is 0.00935. The summed E-state index contributed by atoms with van der Waals surface area (Å²) in [7, 11) is 0. The second kappa shape index (κ2) is 7.07. The van der Waals surface area contributed by atoms with Gasteiger partial charge in [0.05, 0.1) is 10.7 Å². The fourth-order valence-corrected chi connectivity index (χ4v) is 2.91. The van der Waals surface area contributed by atoms with Crippen molar-refractivity contribution in [3.05, 3.63) is 29.3 Å². The molecule has 1 fully saturated rings. The molecule has 0 saturated carbocycles. The number of benzene rings is 1. The lowest BCUT2D eigenvalue weighted by atomic mass is 9.96. The van der Waals surface area contributed by atoms with Gasteiger partial charge in [-0.2, -0.15) is 0 Å². The summed E-state index contributed by atoms with van der Waals surface area (Å²) in [5, 5.41) is 3.41. The number of amides is 1. The van der Waals surface area contributed by atoms with Crippen molar-refractivity contribution in [3.63, 3.8) is 0 Å². The van der Waals surface area contributed by atoms with Gasteiger partial charge in [0.2, 0.25) is 5.91 Å². The zero-order chi connectivity index (χ0) is 14.5. The van der Waals surface area contributed by atoms with Crippen LogP contribution in [0.25, 0.3) is 0 Å². The maximum absolute atomic E-state index is 11.9. The van der Waals surface area contributed by atoms with Crippen molar-refractivity contribution >= 4 is 23.2 Å². The summed E-state index contributed by atoms with van der Waals surface area (Å²) in [5.41, 5.74) is 6.68. The highest BCUT2D eigenvalue weighted by Crippen LogP contribution is 2.20. The first-order valence-corrected chi connectivity index (χ1v) is 7.44. The van der Waals surface area contributed by atoms with Crippen LogP contribution in [0.3, 0.4) is 0 Å². The van der Waals surface area contributed by atoms with Crippen LogP contribution in [0.2, 0.25) is 5.02 Å². The molecule has 3 N–H and O–H groups in total. The van der Waals surface area contributed by atoms with Crippen LogP contribution in [0.5, 0.6) is 0 Å². The standard InChI is InChI=1S/C15H22ClN3O/c1-11-8-12(17)10-19(9-11)7-6-15(20)18-14-5-3-2-4-13(14)16/h2-5,11-12H,6-10,17H2,1H3,(H,18,20). The first-order valence-electron chi connectivity index (χ1n) is 7.07. The molecule has 0 spiro atoms. The number of nitrogens with zero attached hydrogens (tertiary/aromatic N) is 1. The summed E-state index contributed by atoms with van der Waals surface area (Å²) in [6, 6.07) is 7.49. The Kier molecular flexibility index (Phi) is 5.40. The minimum Gasteiger partial charge on any atom is -0.327 e. The molecule has 2 atom stereocenters. The van der Waals surface area contributed by atoms with Crippen LogP contribution < -0.4 is 11.1 Å². The fourth-order valence-electron chi connectivity index (χ4n) is 2.73. The highest BCUT2D eigenvalue weighted by atomic mass is 35.5. The predicted molar refractivity (Wildman–Crippen MR) is 82.9 cm³/mol. The Morgan fingerprint density at radius 3 is 2.90 bits per heavy atom. The molecular formula is C15H22ClN3O. The zero-order valence-corrected chi connectivity index (χ0v) is 12.6. The van der Waals surface area contributed by atoms with Gasteiger partial charge in [-0.1, -0.05) is 30.7 Å². The second-order valence-electron chi connectivity index (χ2n) is 5.64. The van der Waals surface area contributed by atoms with E-state index in [-0.39, 0.29) is 11.9 Å². The average molecular weight is 296 g/mol. The Labute approximate surface area is 125 Å². The van der Waals surface area contributed by atoms with Crippen LogP contribution in [0, 0.1) is 5.92 Å². The molecule has 110 valence electrons. The Balaban J connectivity index is 1.79. The van der Waals surface area contributed by atoms with Crippen molar-refractivity contribution in [3.8, 4) is 0 Å². The largest absolute Gasteiger partial charge is 0.327 e. The van der Waals surface area contributed by atoms with E-state index in [9.17, 15) is 4.79 Å². The Morgan fingerprint density at radius 1 is 1.45 bits per heavy atom. The van der Waals surface area contributed by atoms with E-state index in [1.165, 1.54) is 0 Å². The number of hydrogen-bond donors (Lipinski definition) is 2. The molecule has 1 saturated heterocycles. The van der Waals surface area contributed by atoms with E-state index in [2.05, 4.69) is 17.1 Å². The zero-order valence-electron chi connectivity index (χ0n) is 11.8. The molecule has 5 heteroatoms. The van der Waals surface area contributed by atoms with Crippen LogP contribution in [-0.2, 0) is 4.79 Å². The van der Waals surface area contributed by atoms with Gasteiger partial charge < -0.3 is 16.0 Å². The van der Waals surface area contributed by atoms with Crippen molar-refractivity contribution in [2.45, 2.75) is 25.8 Å². The molecule has 1 aromatic carbocycles. The maximum atomic E-state index is 11.9. The Bertz CT molecular complexity index is 456. The number of carbonyl (C=O) groups excluding carboxylic acids is 1. The first-order chi connectivity index (χ1) is 9.54. The number of halogens is 1. The lowest BCUT2D eigenvalue weighted by Gasteiger charge is -2.34. The summed E-state index contributed by atoms with van der Waals surface area (Å²) in [6.45, 7) is 4.85. The van der Waals surface area contributed by atoms with E-state index >= 15 is 0 Å². The highest BCUT2D eigenvalue weighted by Gasteiger charge is 2.22. The van der Waals surface area contributed by atoms with E-state index in [0.29, 0.717) is 23.0 Å². The quantitative estimate of drug-likeness (QED) is 0.896. The molecule has 2 rings (SSSR count). The van der Waals surface area contributed by atoms with Gasteiger partial charge in [-0.05, 0) is 24.5 Å². The highest BCUT2D eigenvalue weighted by molar-refractivity contribution is 6.33. The molecule has 0 radical (unpaired) electrons. The number of nitrogens with one attached hydrogen (secondary N) is 1. The third-order valence-corrected chi connectivity index (χ3v) is 3.90. The van der Waals surface area contributed by atoms with E-state index < -0.39 is 0 Å². The first kappa shape index (κ1) is 15.3. The lowest BCUT2D eigenvalue weighted by Crippen LogP contribution is -2.47. The topological polar surface area (TPSA) is 58.4 Å². The molecule has 0 aromatic heterocycles. The van der Waals surface area contributed by atoms with Crippen LogP contribution in [0.4, 0.5) is 5.69 Å². The van der Waals surface area contributed by atoms with Crippen molar-refractivity contribution in [2.75, 3.05) is 25.0 Å². The molecule has 0 bridgehead atoms. The molecule has 20 heavy (non-hydrogen) atoms. The van der Waals surface area contributed by atoms with E-state index in [1.807, 2.05) is 12.1 Å². The Hall–Kier alpha value is -1.10. The average Bonchev–Trinajstić information content (AvgIpc) is 2.38. The molecular weight excluding hydrogens is 274 g/mol. The van der Waals surface area contributed by atoms with Crippen molar-refractivity contribution in [1.29, 1.82) is 0 Å². The number of anilines is 1. The van der Waals surface area contributed by atoms with Crippen molar-refractivity contribution in [2.24, 2.45) is 11.7 Å². The van der Waals surface area contributed by atoms with E-state index in [4.69, 9.17) is 17.3 Å². The summed E-state index contributed by atoms with van der Waals surface area (Å²) in [6.07, 6.45) is 1.53. The van der Waals surface area contributed by atoms with Crippen molar-refractivity contribution in [1.82, 2.24) is 4.90 Å². The molecule has 0 aliphatic carbocycles. The minimum atomic E-state index is -0.00935. The number of rotatable bonds is 4. The predicted octanol–water partition coefficient (Wildman–Crippen LogP) is 2.34. The van der Waals surface area contributed by atoms with Gasteiger partial charge in [0.15, 0.2) is 0 Å². The lowest BCUT2D eigenvalue weighted by molar-refractivity contribution is -0.116. The molecule has 1 amide bonds. The van der Waals surface area contributed by atoms with Crippen molar-refractivity contribution < 1.29 is 4.79 Å². The van der Waals surface area contributed by atoms with Gasteiger partial charge in [0.1, 0.15) is 0 Å². The van der Waals surface area contributed by atoms with Crippen LogP contribution in [-0.4, -0.2) is 36.5 Å². The smallest absolute Gasteiger partial charge is 0.225 e. The molecule has 4 nitrogen and oxygen atoms in total. The number of piperidine rings is 1.